The van der Waals surface area contributed by atoms with Gasteiger partial charge < -0.3 is 14.2 Å². The molecule has 218 valence electrons. The molecule has 10 heteroatoms. The molecule has 5 rings (SSSR count). The highest BCUT2D eigenvalue weighted by Gasteiger charge is 2.33. The van der Waals surface area contributed by atoms with Crippen LogP contribution >= 0.6 is 27.3 Å². The van der Waals surface area contributed by atoms with Crippen molar-refractivity contribution in [2.24, 2.45) is 4.99 Å². The van der Waals surface area contributed by atoms with E-state index in [1.807, 2.05) is 49.4 Å². The number of hydrogen-bond acceptors (Lipinski definition) is 8. The first-order valence-electron chi connectivity index (χ1n) is 13.5. The van der Waals surface area contributed by atoms with Crippen molar-refractivity contribution in [1.29, 1.82) is 5.26 Å². The van der Waals surface area contributed by atoms with Crippen LogP contribution in [0.3, 0.4) is 0 Å². The number of esters is 1. The number of aryl methyl sites for hydroxylation is 1. The van der Waals surface area contributed by atoms with Crippen molar-refractivity contribution in [2.75, 3.05) is 13.7 Å². The molecular weight excluding hydrogens is 630 g/mol. The van der Waals surface area contributed by atoms with E-state index in [2.05, 4.69) is 27.0 Å². The van der Waals surface area contributed by atoms with Gasteiger partial charge in [-0.2, -0.15) is 5.26 Å². The number of aromatic nitrogens is 1. The van der Waals surface area contributed by atoms with E-state index in [0.29, 0.717) is 43.2 Å². The lowest BCUT2D eigenvalue weighted by molar-refractivity contribution is -0.139. The van der Waals surface area contributed by atoms with Gasteiger partial charge in [0, 0.05) is 10.0 Å². The topological polar surface area (TPSA) is 103 Å². The number of methoxy groups -OCH3 is 1. The summed E-state index contributed by atoms with van der Waals surface area (Å²) in [5.41, 5.74) is 4.45. The summed E-state index contributed by atoms with van der Waals surface area (Å²) in [7, 11) is 1.55. The first kappa shape index (κ1) is 30.0. The van der Waals surface area contributed by atoms with Crippen LogP contribution in [0.4, 0.5) is 0 Å². The standard InChI is InChI=1S/C33H28BrN3O5S/c1-5-41-32(39)28-20(3)36-33-37(29(28)23-12-6-19(2)7-13-23)31(38)27(43-33)15-24-14-25(34)16-26(40-4)30(24)42-18-22-10-8-21(17-35)9-11-22/h6-16,29H,5,18H2,1-4H3/b27-15-/t29-/m1/s1. The van der Waals surface area contributed by atoms with Gasteiger partial charge in [0.25, 0.3) is 5.56 Å². The van der Waals surface area contributed by atoms with E-state index in [1.165, 1.54) is 11.3 Å². The minimum Gasteiger partial charge on any atom is -0.493 e. The average molecular weight is 659 g/mol. The summed E-state index contributed by atoms with van der Waals surface area (Å²) >= 11 is 4.77. The number of rotatable bonds is 8. The van der Waals surface area contributed by atoms with Crippen molar-refractivity contribution in [3.63, 3.8) is 0 Å². The smallest absolute Gasteiger partial charge is 0.338 e. The van der Waals surface area contributed by atoms with Crippen molar-refractivity contribution in [3.8, 4) is 17.6 Å². The third-order valence-electron chi connectivity index (χ3n) is 6.93. The molecule has 0 fully saturated rings. The zero-order valence-corrected chi connectivity index (χ0v) is 26.4. The molecule has 1 aromatic heterocycles. The molecule has 0 saturated carbocycles. The molecule has 3 aromatic carbocycles. The molecule has 1 aliphatic heterocycles. The highest BCUT2D eigenvalue weighted by molar-refractivity contribution is 9.10. The van der Waals surface area contributed by atoms with Gasteiger partial charge in [-0.15, -0.1) is 0 Å². The van der Waals surface area contributed by atoms with Crippen LogP contribution in [0.25, 0.3) is 6.08 Å². The number of carbonyl (C=O) groups excluding carboxylic acids is 1. The fourth-order valence-corrected chi connectivity index (χ4v) is 6.32. The maximum atomic E-state index is 14.1. The maximum Gasteiger partial charge on any atom is 0.338 e. The minimum atomic E-state index is -0.692. The molecule has 43 heavy (non-hydrogen) atoms. The molecule has 0 bridgehead atoms. The molecule has 1 atom stereocenters. The van der Waals surface area contributed by atoms with E-state index in [0.717, 1.165) is 21.2 Å². The molecule has 0 unspecified atom stereocenters. The van der Waals surface area contributed by atoms with Crippen LogP contribution in [-0.4, -0.2) is 24.3 Å². The number of ether oxygens (including phenoxy) is 3. The Hall–Kier alpha value is -4.46. The number of nitriles is 1. The molecule has 2 heterocycles. The number of thiazole rings is 1. The fourth-order valence-electron chi connectivity index (χ4n) is 4.83. The monoisotopic (exact) mass is 657 g/mol. The third-order valence-corrected chi connectivity index (χ3v) is 8.37. The molecule has 0 spiro atoms. The summed E-state index contributed by atoms with van der Waals surface area (Å²) in [6.07, 6.45) is 1.75. The predicted molar refractivity (Wildman–Crippen MR) is 168 cm³/mol. The van der Waals surface area contributed by atoms with Gasteiger partial charge in [-0.3, -0.25) is 9.36 Å². The Balaban J connectivity index is 1.64. The SMILES string of the molecule is CCOC(=O)C1=C(C)N=c2s/c(=C\c3cc(Br)cc(OC)c3OCc3ccc(C#N)cc3)c(=O)n2[C@@H]1c1ccc(C)cc1. The normalized spacial score (nSPS) is 14.5. The number of carbonyl (C=O) groups is 1. The maximum absolute atomic E-state index is 14.1. The molecule has 0 saturated heterocycles. The van der Waals surface area contributed by atoms with Crippen molar-refractivity contribution in [1.82, 2.24) is 4.57 Å². The van der Waals surface area contributed by atoms with Gasteiger partial charge in [-0.25, -0.2) is 9.79 Å². The van der Waals surface area contributed by atoms with E-state index in [4.69, 9.17) is 19.5 Å². The van der Waals surface area contributed by atoms with E-state index >= 15 is 0 Å². The largest absolute Gasteiger partial charge is 0.493 e. The third kappa shape index (κ3) is 6.19. The number of hydrogen-bond donors (Lipinski definition) is 0. The van der Waals surface area contributed by atoms with Crippen molar-refractivity contribution >= 4 is 39.3 Å². The van der Waals surface area contributed by atoms with E-state index < -0.39 is 12.0 Å². The van der Waals surface area contributed by atoms with Gasteiger partial charge in [-0.1, -0.05) is 69.2 Å². The molecule has 0 aliphatic carbocycles. The van der Waals surface area contributed by atoms with E-state index in [9.17, 15) is 9.59 Å². The Bertz CT molecular complexity index is 1950. The Morgan fingerprint density at radius 1 is 1.14 bits per heavy atom. The molecule has 0 N–H and O–H groups in total. The second-order valence-corrected chi connectivity index (χ2v) is 11.8. The number of halogens is 1. The first-order valence-corrected chi connectivity index (χ1v) is 15.1. The minimum absolute atomic E-state index is 0.205. The van der Waals surface area contributed by atoms with Crippen LogP contribution in [0.1, 0.15) is 47.7 Å². The Morgan fingerprint density at radius 3 is 2.51 bits per heavy atom. The Morgan fingerprint density at radius 2 is 1.86 bits per heavy atom. The molecule has 0 amide bonds. The summed E-state index contributed by atoms with van der Waals surface area (Å²) in [6, 6.07) is 19.9. The van der Waals surface area contributed by atoms with E-state index in [1.54, 1.807) is 49.8 Å². The van der Waals surface area contributed by atoms with Gasteiger partial charge in [0.05, 0.1) is 47.2 Å². The highest BCUT2D eigenvalue weighted by Crippen LogP contribution is 2.36. The first-order chi connectivity index (χ1) is 20.7. The van der Waals surface area contributed by atoms with Gasteiger partial charge in [-0.05, 0) is 62.2 Å². The van der Waals surface area contributed by atoms with Crippen molar-refractivity contribution in [3.05, 3.63) is 124 Å². The summed E-state index contributed by atoms with van der Waals surface area (Å²) in [5.74, 6) is 0.443. The van der Waals surface area contributed by atoms with Crippen LogP contribution in [0.15, 0.2) is 86.2 Å². The highest BCUT2D eigenvalue weighted by atomic mass is 79.9. The molecule has 4 aromatic rings. The lowest BCUT2D eigenvalue weighted by atomic mass is 9.95. The Labute approximate surface area is 260 Å². The molecule has 0 radical (unpaired) electrons. The van der Waals surface area contributed by atoms with Crippen molar-refractivity contribution < 1.29 is 19.0 Å². The lowest BCUT2D eigenvalue weighted by Crippen LogP contribution is -2.39. The number of nitrogens with zero attached hydrogens (tertiary/aromatic N) is 3. The average Bonchev–Trinajstić information content (AvgIpc) is 3.30. The Kier molecular flexibility index (Phi) is 8.94. The van der Waals surface area contributed by atoms with Crippen LogP contribution in [-0.2, 0) is 16.1 Å². The summed E-state index contributed by atoms with van der Waals surface area (Å²) in [4.78, 5) is 32.4. The summed E-state index contributed by atoms with van der Waals surface area (Å²) < 4.78 is 20.0. The quantitative estimate of drug-likeness (QED) is 0.237. The summed E-state index contributed by atoms with van der Waals surface area (Å²) in [6.45, 7) is 5.92. The fraction of sp³-hybridized carbons (Fsp3) is 0.212. The van der Waals surface area contributed by atoms with E-state index in [-0.39, 0.29) is 18.8 Å². The van der Waals surface area contributed by atoms with Gasteiger partial charge in [0.15, 0.2) is 16.3 Å². The van der Waals surface area contributed by atoms with Gasteiger partial charge in [0.2, 0.25) is 0 Å². The summed E-state index contributed by atoms with van der Waals surface area (Å²) in [5, 5.41) is 9.10. The number of allylic oxidation sites excluding steroid dienone is 1. The molecule has 1 aliphatic rings. The second kappa shape index (κ2) is 12.8. The number of benzene rings is 3. The van der Waals surface area contributed by atoms with Gasteiger partial charge in [0.1, 0.15) is 6.61 Å². The predicted octanol–water partition coefficient (Wildman–Crippen LogP) is 5.33. The van der Waals surface area contributed by atoms with Crippen LogP contribution in [0, 0.1) is 18.3 Å². The van der Waals surface area contributed by atoms with Gasteiger partial charge >= 0.3 is 5.97 Å². The zero-order chi connectivity index (χ0) is 30.7. The van der Waals surface area contributed by atoms with Crippen LogP contribution < -0.4 is 24.4 Å². The second-order valence-electron chi connectivity index (χ2n) is 9.84. The molecule has 8 nitrogen and oxygen atoms in total. The number of fused-ring (bicyclic) bond motifs is 1. The zero-order valence-electron chi connectivity index (χ0n) is 24.0. The van der Waals surface area contributed by atoms with Crippen LogP contribution in [0.5, 0.6) is 11.5 Å². The lowest BCUT2D eigenvalue weighted by Gasteiger charge is -2.24. The van der Waals surface area contributed by atoms with Crippen LogP contribution in [0.2, 0.25) is 0 Å². The van der Waals surface area contributed by atoms with Crippen molar-refractivity contribution in [2.45, 2.75) is 33.4 Å². The molecular formula is C33H28BrN3O5S.